The maximum atomic E-state index is 13.7. The first-order chi connectivity index (χ1) is 26.4. The maximum absolute atomic E-state index is 13.7. The number of carbonyl (C=O) groups is 3. The molecule has 2 heterocycles. The molecule has 54 heavy (non-hydrogen) atoms. The molecule has 0 radical (unpaired) electrons. The molecule has 1 atom stereocenters. The number of nitrogens with one attached hydrogen (secondary N) is 3. The van der Waals surface area contributed by atoms with Crippen LogP contribution >= 0.6 is 11.8 Å². The van der Waals surface area contributed by atoms with Gasteiger partial charge in [0.2, 0.25) is 5.91 Å². The van der Waals surface area contributed by atoms with Gasteiger partial charge in [-0.05, 0) is 78.4 Å². The van der Waals surface area contributed by atoms with Gasteiger partial charge < -0.3 is 34.6 Å². The zero-order valence-electron chi connectivity index (χ0n) is 29.1. The van der Waals surface area contributed by atoms with E-state index in [9.17, 15) is 14.4 Å². The van der Waals surface area contributed by atoms with Crippen molar-refractivity contribution in [1.29, 1.82) is 0 Å². The van der Waals surface area contributed by atoms with Gasteiger partial charge in [0.05, 0.1) is 12.7 Å². The van der Waals surface area contributed by atoms with Crippen molar-refractivity contribution in [3.8, 4) is 28.6 Å². The number of hydrogen-bond acceptors (Lipinski definition) is 8. The van der Waals surface area contributed by atoms with Crippen LogP contribution in [-0.2, 0) is 9.59 Å². The minimum Gasteiger partial charge on any atom is -0.496 e. The van der Waals surface area contributed by atoms with Crippen molar-refractivity contribution >= 4 is 46.9 Å². The second-order valence-electron chi connectivity index (χ2n) is 12.0. The minimum atomic E-state index is -0.586. The summed E-state index contributed by atoms with van der Waals surface area (Å²) in [6.07, 6.45) is 1.48. The molecule has 3 N–H and O–H groups in total. The Morgan fingerprint density at radius 3 is 2.17 bits per heavy atom. The van der Waals surface area contributed by atoms with Gasteiger partial charge in [0.25, 0.3) is 11.8 Å². The molecule has 0 fully saturated rings. The summed E-state index contributed by atoms with van der Waals surface area (Å²) in [5, 5.41) is 8.05. The number of methoxy groups -OCH3 is 1. The number of fused-ring (bicyclic) bond motifs is 1. The monoisotopic (exact) mass is 737 g/mol. The fraction of sp³-hybridized carbons (Fsp3) is 0.0930. The number of anilines is 2. The Morgan fingerprint density at radius 1 is 0.722 bits per heavy atom. The van der Waals surface area contributed by atoms with Crippen molar-refractivity contribution in [3.63, 3.8) is 0 Å². The predicted molar refractivity (Wildman–Crippen MR) is 209 cm³/mol. The Labute approximate surface area is 316 Å². The first kappa shape index (κ1) is 35.7. The number of benzene rings is 5. The van der Waals surface area contributed by atoms with E-state index in [-0.39, 0.29) is 11.6 Å². The minimum absolute atomic E-state index is 0.0248. The Kier molecular flexibility index (Phi) is 11.1. The average molecular weight is 738 g/mol. The van der Waals surface area contributed by atoms with E-state index in [4.69, 9.17) is 18.6 Å². The fourth-order valence-corrected chi connectivity index (χ4v) is 6.71. The quantitative estimate of drug-likeness (QED) is 0.0842. The molecule has 0 spiro atoms. The largest absolute Gasteiger partial charge is 0.496 e. The first-order valence-electron chi connectivity index (χ1n) is 17.1. The van der Waals surface area contributed by atoms with Gasteiger partial charge in [-0.1, -0.05) is 60.7 Å². The zero-order chi connectivity index (χ0) is 37.3. The van der Waals surface area contributed by atoms with E-state index in [1.54, 1.807) is 79.9 Å². The summed E-state index contributed by atoms with van der Waals surface area (Å²) in [6.45, 7) is 0.923. The summed E-state index contributed by atoms with van der Waals surface area (Å²) >= 11 is 1.37. The van der Waals surface area contributed by atoms with Gasteiger partial charge in [-0.2, -0.15) is 0 Å². The molecule has 7 rings (SSSR count). The van der Waals surface area contributed by atoms with Crippen LogP contribution in [0.2, 0.25) is 0 Å². The zero-order valence-corrected chi connectivity index (χ0v) is 29.9. The molecular formula is C43H35N3O7S. The highest BCUT2D eigenvalue weighted by atomic mass is 32.2. The maximum Gasteiger partial charge on any atom is 0.272 e. The molecule has 1 aromatic heterocycles. The Hall–Kier alpha value is -6.72. The molecule has 0 bridgehead atoms. The number of furan rings is 1. The lowest BCUT2D eigenvalue weighted by Crippen LogP contribution is -2.30. The molecule has 10 nitrogen and oxygen atoms in total. The average Bonchev–Trinajstić information content (AvgIpc) is 3.69. The molecule has 5 aromatic carbocycles. The van der Waals surface area contributed by atoms with Gasteiger partial charge in [-0.25, -0.2) is 0 Å². The Bertz CT molecular complexity index is 2290. The SMILES string of the molecule is COc1ccccc1-c1ccc(/C=C(\NC(=O)c2ccccc2)C(=O)Nc2ccc(S[C@H](C(=O)Nc3ccc4c(c3)OCCO4)c3ccccc3)cc2)o1. The standard InChI is InChI=1S/C43H35N3O7S/c1-50-36-15-9-8-14-34(36)37-23-19-32(53-37)27-35(46-41(47)29-12-6-3-7-13-29)42(48)44-30-16-20-33(21-17-30)54-40(28-10-4-2-5-11-28)43(49)45-31-18-22-38-39(26-31)52-25-24-51-38/h2-23,26-27,40H,24-25H2,1H3,(H,44,48)(H,45,49)(H,46,47)/b35-27-/t40-/m0/s1. The van der Waals surface area contributed by atoms with Crippen molar-refractivity contribution in [3.05, 3.63) is 162 Å². The third-order valence-corrected chi connectivity index (χ3v) is 9.60. The second kappa shape index (κ2) is 16.7. The third-order valence-electron chi connectivity index (χ3n) is 8.33. The lowest BCUT2D eigenvalue weighted by molar-refractivity contribution is -0.116. The molecule has 0 aliphatic carbocycles. The predicted octanol–water partition coefficient (Wildman–Crippen LogP) is 8.61. The van der Waals surface area contributed by atoms with E-state index in [1.807, 2.05) is 66.7 Å². The number of rotatable bonds is 12. The van der Waals surface area contributed by atoms with E-state index in [2.05, 4.69) is 16.0 Å². The molecule has 0 saturated carbocycles. The Morgan fingerprint density at radius 2 is 1.41 bits per heavy atom. The molecule has 270 valence electrons. The smallest absolute Gasteiger partial charge is 0.272 e. The number of amides is 3. The van der Waals surface area contributed by atoms with Crippen LogP contribution in [0.3, 0.4) is 0 Å². The molecule has 11 heteroatoms. The summed E-state index contributed by atoms with van der Waals surface area (Å²) in [7, 11) is 1.58. The summed E-state index contributed by atoms with van der Waals surface area (Å²) in [5.74, 6) is 1.52. The van der Waals surface area contributed by atoms with Crippen LogP contribution in [0.25, 0.3) is 17.4 Å². The van der Waals surface area contributed by atoms with Crippen LogP contribution in [0.5, 0.6) is 17.2 Å². The van der Waals surface area contributed by atoms with Crippen molar-refractivity contribution in [1.82, 2.24) is 5.32 Å². The van der Waals surface area contributed by atoms with Gasteiger partial charge in [0.1, 0.15) is 41.4 Å². The van der Waals surface area contributed by atoms with Gasteiger partial charge in [0.15, 0.2) is 11.5 Å². The van der Waals surface area contributed by atoms with E-state index in [0.29, 0.717) is 58.9 Å². The van der Waals surface area contributed by atoms with E-state index in [0.717, 1.165) is 16.0 Å². The van der Waals surface area contributed by atoms with E-state index < -0.39 is 17.1 Å². The summed E-state index contributed by atoms with van der Waals surface area (Å²) < 4.78 is 22.8. The molecule has 0 saturated heterocycles. The molecule has 6 aromatic rings. The van der Waals surface area contributed by atoms with Crippen LogP contribution in [0, 0.1) is 0 Å². The summed E-state index contributed by atoms with van der Waals surface area (Å²) in [5.41, 5.74) is 3.01. The highest BCUT2D eigenvalue weighted by Crippen LogP contribution is 2.38. The summed E-state index contributed by atoms with van der Waals surface area (Å²) in [6, 6.07) is 41.5. The molecule has 0 unspecified atom stereocenters. The van der Waals surface area contributed by atoms with Crippen molar-refractivity contribution < 1.29 is 33.0 Å². The van der Waals surface area contributed by atoms with Gasteiger partial charge in [0, 0.05) is 34.0 Å². The van der Waals surface area contributed by atoms with Crippen molar-refractivity contribution in [2.45, 2.75) is 10.1 Å². The van der Waals surface area contributed by atoms with Crippen molar-refractivity contribution in [2.24, 2.45) is 0 Å². The number of thioether (sulfide) groups is 1. The fourth-order valence-electron chi connectivity index (χ4n) is 5.69. The highest BCUT2D eigenvalue weighted by molar-refractivity contribution is 8.00. The van der Waals surface area contributed by atoms with E-state index in [1.165, 1.54) is 17.8 Å². The van der Waals surface area contributed by atoms with Gasteiger partial charge >= 0.3 is 0 Å². The highest BCUT2D eigenvalue weighted by Gasteiger charge is 2.24. The molecule has 3 amide bonds. The number of para-hydroxylation sites is 1. The van der Waals surface area contributed by atoms with Crippen LogP contribution in [0.4, 0.5) is 11.4 Å². The lowest BCUT2D eigenvalue weighted by atomic mass is 10.1. The molecule has 1 aliphatic heterocycles. The molecule has 1 aliphatic rings. The van der Waals surface area contributed by atoms with Crippen molar-refractivity contribution in [2.75, 3.05) is 31.0 Å². The van der Waals surface area contributed by atoms with Gasteiger partial charge in [-0.15, -0.1) is 11.8 Å². The lowest BCUT2D eigenvalue weighted by Gasteiger charge is -2.20. The number of carbonyl (C=O) groups excluding carboxylic acids is 3. The normalized spacial score (nSPS) is 12.6. The van der Waals surface area contributed by atoms with Crippen LogP contribution in [-0.4, -0.2) is 38.0 Å². The topological polar surface area (TPSA) is 128 Å². The Balaban J connectivity index is 1.09. The van der Waals surface area contributed by atoms with Crippen LogP contribution in [0.1, 0.15) is 26.9 Å². The van der Waals surface area contributed by atoms with E-state index >= 15 is 0 Å². The van der Waals surface area contributed by atoms with Crippen LogP contribution < -0.4 is 30.2 Å². The second-order valence-corrected chi connectivity index (χ2v) is 13.2. The number of ether oxygens (including phenoxy) is 3. The summed E-state index contributed by atoms with van der Waals surface area (Å²) in [4.78, 5) is 41.4. The first-order valence-corrected chi connectivity index (χ1v) is 18.0. The van der Waals surface area contributed by atoms with Gasteiger partial charge in [-0.3, -0.25) is 14.4 Å². The third kappa shape index (κ3) is 8.66. The molecular weight excluding hydrogens is 703 g/mol. The van der Waals surface area contributed by atoms with Crippen LogP contribution in [0.15, 0.2) is 155 Å². The number of hydrogen-bond donors (Lipinski definition) is 3.